The van der Waals surface area contributed by atoms with E-state index in [-0.39, 0.29) is 17.3 Å². The molecule has 1 aromatic heterocycles. The highest BCUT2D eigenvalue weighted by atomic mass is 16.6. The summed E-state index contributed by atoms with van der Waals surface area (Å²) in [7, 11) is 0. The number of benzene rings is 2. The second kappa shape index (κ2) is 8.16. The molecule has 0 atom stereocenters. The number of amides is 1. The lowest BCUT2D eigenvalue weighted by Crippen LogP contribution is -2.31. The zero-order valence-corrected chi connectivity index (χ0v) is 16.3. The minimum atomic E-state index is -0.533. The molecule has 0 aliphatic carbocycles. The number of carbonyl (C=O) groups is 1. The quantitative estimate of drug-likeness (QED) is 0.494. The number of aryl methyl sites for hydroxylation is 2. The van der Waals surface area contributed by atoms with Crippen LogP contribution in [0.15, 0.2) is 54.9 Å². The van der Waals surface area contributed by atoms with Crippen LogP contribution in [0.4, 0.5) is 23.0 Å². The Balaban J connectivity index is 1.66. The van der Waals surface area contributed by atoms with Gasteiger partial charge in [-0.15, -0.1) is 0 Å². The molecule has 152 valence electrons. The number of hydrazine groups is 1. The summed E-state index contributed by atoms with van der Waals surface area (Å²) in [5.41, 5.74) is 8.07. The fourth-order valence-electron chi connectivity index (χ4n) is 3.59. The van der Waals surface area contributed by atoms with Gasteiger partial charge in [0.05, 0.1) is 4.92 Å². The summed E-state index contributed by atoms with van der Waals surface area (Å²) in [5.74, 6) is -0.296. The van der Waals surface area contributed by atoms with E-state index in [1.165, 1.54) is 6.33 Å². The fourth-order valence-corrected chi connectivity index (χ4v) is 3.59. The van der Waals surface area contributed by atoms with E-state index in [9.17, 15) is 14.9 Å². The van der Waals surface area contributed by atoms with Gasteiger partial charge >= 0.3 is 5.69 Å². The van der Waals surface area contributed by atoms with Gasteiger partial charge in [-0.25, -0.2) is 9.97 Å². The maximum Gasteiger partial charge on any atom is 0.355 e. The molecule has 2 aromatic carbocycles. The van der Waals surface area contributed by atoms with Gasteiger partial charge in [-0.1, -0.05) is 36.4 Å². The van der Waals surface area contributed by atoms with Crippen LogP contribution in [0, 0.1) is 17.0 Å². The molecule has 0 spiro atoms. The highest BCUT2D eigenvalue weighted by Crippen LogP contribution is 2.39. The number of rotatable bonds is 5. The molecule has 0 radical (unpaired) electrons. The second-order valence-corrected chi connectivity index (χ2v) is 6.93. The average molecular weight is 404 g/mol. The number of nitrogens with one attached hydrogen (secondary N) is 2. The Morgan fingerprint density at radius 2 is 1.90 bits per heavy atom. The van der Waals surface area contributed by atoms with E-state index >= 15 is 0 Å². The number of aromatic nitrogens is 2. The predicted octanol–water partition coefficient (Wildman–Crippen LogP) is 3.53. The molecule has 2 heterocycles. The molecule has 4 rings (SSSR count). The van der Waals surface area contributed by atoms with Gasteiger partial charge in [0.15, 0.2) is 0 Å². The monoisotopic (exact) mass is 404 g/mol. The van der Waals surface area contributed by atoms with Gasteiger partial charge in [0.2, 0.25) is 11.6 Å². The van der Waals surface area contributed by atoms with Gasteiger partial charge in [-0.05, 0) is 43.0 Å². The number of hydrogen-bond acceptors (Lipinski definition) is 7. The molecular formula is C21H20N6O3. The first-order valence-corrected chi connectivity index (χ1v) is 9.53. The third kappa shape index (κ3) is 3.64. The number of nitro groups is 1. The van der Waals surface area contributed by atoms with Crippen molar-refractivity contribution in [3.05, 3.63) is 81.7 Å². The van der Waals surface area contributed by atoms with Crippen molar-refractivity contribution in [2.45, 2.75) is 19.8 Å². The first-order valence-electron chi connectivity index (χ1n) is 9.53. The van der Waals surface area contributed by atoms with Gasteiger partial charge in [0.25, 0.3) is 5.91 Å². The van der Waals surface area contributed by atoms with E-state index in [1.807, 2.05) is 48.2 Å². The Hall–Kier alpha value is -4.01. The molecule has 2 N–H and O–H groups in total. The van der Waals surface area contributed by atoms with Crippen LogP contribution in [0.2, 0.25) is 0 Å². The van der Waals surface area contributed by atoms with Gasteiger partial charge in [0, 0.05) is 17.8 Å². The molecule has 0 saturated heterocycles. The molecular weight excluding hydrogens is 384 g/mol. The van der Waals surface area contributed by atoms with Crippen molar-refractivity contribution in [1.82, 2.24) is 15.4 Å². The number of nitrogens with zero attached hydrogens (tertiary/aromatic N) is 4. The zero-order chi connectivity index (χ0) is 21.1. The molecule has 9 heteroatoms. The van der Waals surface area contributed by atoms with Crippen molar-refractivity contribution in [3.63, 3.8) is 0 Å². The smallest absolute Gasteiger partial charge is 0.320 e. The van der Waals surface area contributed by atoms with E-state index in [0.717, 1.165) is 29.7 Å². The van der Waals surface area contributed by atoms with E-state index < -0.39 is 10.8 Å². The lowest BCUT2D eigenvalue weighted by molar-refractivity contribution is -0.383. The Morgan fingerprint density at radius 1 is 1.13 bits per heavy atom. The molecule has 0 bridgehead atoms. The molecule has 1 aliphatic rings. The van der Waals surface area contributed by atoms with Crippen LogP contribution in [-0.2, 0) is 6.42 Å². The number of anilines is 3. The minimum Gasteiger partial charge on any atom is -0.320 e. The lowest BCUT2D eigenvalue weighted by atomic mass is 10.0. The summed E-state index contributed by atoms with van der Waals surface area (Å²) in [4.78, 5) is 33.9. The molecule has 0 fully saturated rings. The SMILES string of the molecule is Cc1ccccc1C(=O)NNc1ncnc(N2CCCc3ccccc32)c1[N+](=O)[O-]. The van der Waals surface area contributed by atoms with Crippen LogP contribution >= 0.6 is 0 Å². The Labute approximate surface area is 172 Å². The van der Waals surface area contributed by atoms with Crippen LogP contribution in [0.5, 0.6) is 0 Å². The zero-order valence-electron chi connectivity index (χ0n) is 16.3. The van der Waals surface area contributed by atoms with Gasteiger partial charge in [-0.2, -0.15) is 0 Å². The van der Waals surface area contributed by atoms with E-state index in [0.29, 0.717) is 12.1 Å². The molecule has 0 saturated carbocycles. The van der Waals surface area contributed by atoms with Crippen LogP contribution in [-0.4, -0.2) is 27.3 Å². The summed E-state index contributed by atoms with van der Waals surface area (Å²) in [6.45, 7) is 2.41. The third-order valence-corrected chi connectivity index (χ3v) is 5.04. The summed E-state index contributed by atoms with van der Waals surface area (Å²) < 4.78 is 0. The Bertz CT molecular complexity index is 1120. The van der Waals surface area contributed by atoms with Crippen molar-refractivity contribution in [2.75, 3.05) is 16.9 Å². The summed E-state index contributed by atoms with van der Waals surface area (Å²) in [5, 5.41) is 11.9. The number of hydrogen-bond donors (Lipinski definition) is 2. The molecule has 3 aromatic rings. The third-order valence-electron chi connectivity index (χ3n) is 5.04. The van der Waals surface area contributed by atoms with Crippen molar-refractivity contribution in [3.8, 4) is 0 Å². The molecule has 30 heavy (non-hydrogen) atoms. The maximum absolute atomic E-state index is 12.5. The van der Waals surface area contributed by atoms with E-state index in [4.69, 9.17) is 0 Å². The van der Waals surface area contributed by atoms with E-state index in [1.54, 1.807) is 12.1 Å². The van der Waals surface area contributed by atoms with Gasteiger partial charge in [-0.3, -0.25) is 25.8 Å². The van der Waals surface area contributed by atoms with Crippen LogP contribution in [0.1, 0.15) is 27.9 Å². The Kier molecular flexibility index (Phi) is 5.25. The lowest BCUT2D eigenvalue weighted by Gasteiger charge is -2.30. The van der Waals surface area contributed by atoms with E-state index in [2.05, 4.69) is 20.8 Å². The van der Waals surface area contributed by atoms with Crippen molar-refractivity contribution >= 4 is 28.9 Å². The fraction of sp³-hybridized carbons (Fsp3) is 0.190. The Morgan fingerprint density at radius 3 is 2.70 bits per heavy atom. The number of para-hydroxylation sites is 1. The van der Waals surface area contributed by atoms with Crippen molar-refractivity contribution in [2.24, 2.45) is 0 Å². The number of fused-ring (bicyclic) bond motifs is 1. The largest absolute Gasteiger partial charge is 0.355 e. The van der Waals surface area contributed by atoms with Crippen LogP contribution in [0.3, 0.4) is 0 Å². The second-order valence-electron chi connectivity index (χ2n) is 6.93. The molecule has 9 nitrogen and oxygen atoms in total. The normalized spacial score (nSPS) is 12.8. The minimum absolute atomic E-state index is 0.0741. The summed E-state index contributed by atoms with van der Waals surface area (Å²) in [6, 6.07) is 14.9. The summed E-state index contributed by atoms with van der Waals surface area (Å²) in [6.07, 6.45) is 3.01. The van der Waals surface area contributed by atoms with Crippen molar-refractivity contribution < 1.29 is 9.72 Å². The van der Waals surface area contributed by atoms with Crippen LogP contribution in [0.25, 0.3) is 0 Å². The molecule has 0 unspecified atom stereocenters. The standard InChI is InChI=1S/C21H20N6O3/c1-14-7-2-4-10-16(14)21(28)25-24-19-18(27(29)30)20(23-13-22-19)26-12-6-9-15-8-3-5-11-17(15)26/h2-5,7-8,10-11,13H,6,9,12H2,1H3,(H,25,28)(H,22,23,24). The maximum atomic E-state index is 12.5. The first kappa shape index (κ1) is 19.3. The van der Waals surface area contributed by atoms with Crippen LogP contribution < -0.4 is 15.8 Å². The van der Waals surface area contributed by atoms with Gasteiger partial charge < -0.3 is 4.90 Å². The topological polar surface area (TPSA) is 113 Å². The van der Waals surface area contributed by atoms with Crippen molar-refractivity contribution in [1.29, 1.82) is 0 Å². The average Bonchev–Trinajstić information content (AvgIpc) is 2.77. The number of carbonyl (C=O) groups excluding carboxylic acids is 1. The molecule has 1 amide bonds. The predicted molar refractivity (Wildman–Crippen MR) is 113 cm³/mol. The summed E-state index contributed by atoms with van der Waals surface area (Å²) >= 11 is 0. The van der Waals surface area contributed by atoms with Gasteiger partial charge in [0.1, 0.15) is 6.33 Å². The highest BCUT2D eigenvalue weighted by Gasteiger charge is 2.30. The highest BCUT2D eigenvalue weighted by molar-refractivity contribution is 5.96. The molecule has 1 aliphatic heterocycles. The first-order chi connectivity index (χ1) is 14.6.